The first-order chi connectivity index (χ1) is 11.0. The minimum absolute atomic E-state index is 0.0516. The van der Waals surface area contributed by atoms with E-state index in [1.807, 2.05) is 16.5 Å². The maximum atomic E-state index is 12.5. The fourth-order valence-electron chi connectivity index (χ4n) is 2.57. The summed E-state index contributed by atoms with van der Waals surface area (Å²) < 4.78 is 4.31. The summed E-state index contributed by atoms with van der Waals surface area (Å²) in [7, 11) is 1.88. The second kappa shape index (κ2) is 6.82. The Hall–Kier alpha value is -1.70. The average Bonchev–Trinajstić information content (AvgIpc) is 2.88. The monoisotopic (exact) mass is 351 g/mol. The number of piperazine rings is 1. The van der Waals surface area contributed by atoms with Gasteiger partial charge in [-0.3, -0.25) is 9.69 Å². The highest BCUT2D eigenvalue weighted by atomic mass is 35.5. The number of carbonyl (C=O) groups excluding carboxylic acids is 1. The zero-order valence-corrected chi connectivity index (χ0v) is 14.4. The highest BCUT2D eigenvalue weighted by Crippen LogP contribution is 2.13. The Balaban J connectivity index is 1.58. The van der Waals surface area contributed by atoms with Crippen molar-refractivity contribution in [2.24, 2.45) is 7.05 Å². The van der Waals surface area contributed by atoms with Crippen LogP contribution in [-0.4, -0.2) is 56.2 Å². The van der Waals surface area contributed by atoms with Gasteiger partial charge < -0.3 is 9.47 Å². The topological polar surface area (TPSA) is 46.3 Å². The summed E-state index contributed by atoms with van der Waals surface area (Å²) in [5.74, 6) is 0.0516. The Morgan fingerprint density at radius 3 is 2.43 bits per heavy atom. The maximum Gasteiger partial charge on any atom is 0.253 e. The molecule has 0 spiro atoms. The highest BCUT2D eigenvalue weighted by molar-refractivity contribution is 7.71. The molecule has 1 aromatic carbocycles. The van der Waals surface area contributed by atoms with Gasteiger partial charge in [-0.1, -0.05) is 11.6 Å². The summed E-state index contributed by atoms with van der Waals surface area (Å²) in [6.45, 7) is 3.65. The number of hydrogen-bond donors (Lipinski definition) is 0. The lowest BCUT2D eigenvalue weighted by atomic mass is 10.2. The summed E-state index contributed by atoms with van der Waals surface area (Å²) in [5.41, 5.74) is 0.676. The average molecular weight is 352 g/mol. The van der Waals surface area contributed by atoms with E-state index in [9.17, 15) is 4.79 Å². The Morgan fingerprint density at radius 2 is 1.87 bits per heavy atom. The smallest absolute Gasteiger partial charge is 0.253 e. The van der Waals surface area contributed by atoms with Crippen molar-refractivity contribution in [1.29, 1.82) is 0 Å². The predicted octanol–water partition coefficient (Wildman–Crippen LogP) is 2.02. The minimum atomic E-state index is 0.0516. The molecule has 1 saturated heterocycles. The number of amides is 1. The van der Waals surface area contributed by atoms with E-state index in [2.05, 4.69) is 10.00 Å². The first-order valence-corrected chi connectivity index (χ1v) is 8.19. The van der Waals surface area contributed by atoms with Gasteiger partial charge in [-0.15, -0.1) is 0 Å². The molecule has 8 heteroatoms. The molecule has 2 heterocycles. The Morgan fingerprint density at radius 1 is 1.22 bits per heavy atom. The van der Waals surface area contributed by atoms with Crippen LogP contribution in [-0.2, 0) is 13.7 Å². The fourth-order valence-corrected chi connectivity index (χ4v) is 2.85. The van der Waals surface area contributed by atoms with Gasteiger partial charge in [0, 0.05) is 43.8 Å². The van der Waals surface area contributed by atoms with Gasteiger partial charge >= 0.3 is 0 Å². The molecule has 122 valence electrons. The van der Waals surface area contributed by atoms with Crippen LogP contribution in [0.1, 0.15) is 10.4 Å². The molecule has 0 N–H and O–H groups in total. The number of rotatable bonds is 3. The van der Waals surface area contributed by atoms with Gasteiger partial charge in [-0.25, -0.2) is 4.68 Å². The molecule has 1 aromatic heterocycles. The van der Waals surface area contributed by atoms with Crippen molar-refractivity contribution in [1.82, 2.24) is 24.1 Å². The molecule has 0 bridgehead atoms. The third kappa shape index (κ3) is 3.63. The number of hydrogen-bond acceptors (Lipinski definition) is 4. The minimum Gasteiger partial charge on any atom is -0.336 e. The molecular weight excluding hydrogens is 334 g/mol. The van der Waals surface area contributed by atoms with Crippen molar-refractivity contribution in [3.05, 3.63) is 45.9 Å². The molecule has 1 aliphatic heterocycles. The van der Waals surface area contributed by atoms with Crippen molar-refractivity contribution in [2.75, 3.05) is 26.2 Å². The normalized spacial score (nSPS) is 15.8. The third-order valence-corrected chi connectivity index (χ3v) is 4.72. The highest BCUT2D eigenvalue weighted by Gasteiger charge is 2.22. The van der Waals surface area contributed by atoms with E-state index in [4.69, 9.17) is 23.8 Å². The molecule has 1 amide bonds. The first-order valence-electron chi connectivity index (χ1n) is 7.40. The third-order valence-electron chi connectivity index (χ3n) is 3.97. The van der Waals surface area contributed by atoms with Crippen molar-refractivity contribution in [3.8, 4) is 0 Å². The fraction of sp³-hybridized carbons (Fsp3) is 0.400. The zero-order valence-electron chi connectivity index (χ0n) is 12.9. The summed E-state index contributed by atoms with van der Waals surface area (Å²) >= 11 is 11.2. The molecule has 1 aliphatic rings. The van der Waals surface area contributed by atoms with Crippen LogP contribution in [0.2, 0.25) is 5.02 Å². The van der Waals surface area contributed by atoms with E-state index in [0.717, 1.165) is 13.1 Å². The number of halogens is 1. The lowest BCUT2D eigenvalue weighted by Gasteiger charge is -2.34. The van der Waals surface area contributed by atoms with Gasteiger partial charge in [-0.2, -0.15) is 5.10 Å². The van der Waals surface area contributed by atoms with Gasteiger partial charge in [0.05, 0.1) is 6.67 Å². The van der Waals surface area contributed by atoms with E-state index in [0.29, 0.717) is 35.1 Å². The maximum absolute atomic E-state index is 12.5. The van der Waals surface area contributed by atoms with E-state index >= 15 is 0 Å². The molecule has 0 aliphatic carbocycles. The van der Waals surface area contributed by atoms with Crippen molar-refractivity contribution in [2.45, 2.75) is 6.67 Å². The van der Waals surface area contributed by atoms with Crippen molar-refractivity contribution < 1.29 is 4.79 Å². The van der Waals surface area contributed by atoms with Crippen LogP contribution < -0.4 is 0 Å². The molecule has 6 nitrogen and oxygen atoms in total. The van der Waals surface area contributed by atoms with E-state index in [1.54, 1.807) is 35.3 Å². The Kier molecular flexibility index (Phi) is 4.79. The molecule has 0 atom stereocenters. The first kappa shape index (κ1) is 16.2. The standard InChI is InChI=1S/C15H18ClN5OS/c1-18-10-17-21(15(18)23)11-19-6-8-20(9-7-19)14(22)12-2-4-13(16)5-3-12/h2-5,10H,6-9,11H2,1H3. The summed E-state index contributed by atoms with van der Waals surface area (Å²) in [6, 6.07) is 7.02. The second-order valence-electron chi connectivity index (χ2n) is 5.58. The molecule has 23 heavy (non-hydrogen) atoms. The lowest BCUT2D eigenvalue weighted by molar-refractivity contribution is 0.0585. The van der Waals surface area contributed by atoms with Crippen LogP contribution in [0.4, 0.5) is 0 Å². The molecule has 0 saturated carbocycles. The van der Waals surface area contributed by atoms with Gasteiger partial charge in [-0.05, 0) is 36.5 Å². The van der Waals surface area contributed by atoms with Crippen LogP contribution in [0.25, 0.3) is 0 Å². The van der Waals surface area contributed by atoms with Gasteiger partial charge in [0.15, 0.2) is 4.77 Å². The number of benzene rings is 1. The number of nitrogens with zero attached hydrogens (tertiary/aromatic N) is 5. The van der Waals surface area contributed by atoms with E-state index < -0.39 is 0 Å². The number of carbonyl (C=O) groups is 1. The SMILES string of the molecule is Cn1cnn(CN2CCN(C(=O)c3ccc(Cl)cc3)CC2)c1=S. The largest absolute Gasteiger partial charge is 0.336 e. The molecule has 0 radical (unpaired) electrons. The number of aryl methyl sites for hydroxylation is 1. The van der Waals surface area contributed by atoms with E-state index in [1.165, 1.54) is 0 Å². The van der Waals surface area contributed by atoms with E-state index in [-0.39, 0.29) is 5.91 Å². The summed E-state index contributed by atoms with van der Waals surface area (Å²) in [5, 5.41) is 4.90. The summed E-state index contributed by atoms with van der Waals surface area (Å²) in [6.07, 6.45) is 1.71. The molecule has 2 aromatic rings. The lowest BCUT2D eigenvalue weighted by Crippen LogP contribution is -2.49. The number of aromatic nitrogens is 3. The second-order valence-corrected chi connectivity index (χ2v) is 6.38. The van der Waals surface area contributed by atoms with Crippen LogP contribution in [0.3, 0.4) is 0 Å². The van der Waals surface area contributed by atoms with Crippen LogP contribution >= 0.6 is 23.8 Å². The van der Waals surface area contributed by atoms with Crippen molar-refractivity contribution >= 4 is 29.7 Å². The molecule has 0 unspecified atom stereocenters. The Bertz CT molecular complexity index is 746. The van der Waals surface area contributed by atoms with Crippen LogP contribution in [0.5, 0.6) is 0 Å². The molecular formula is C15H18ClN5OS. The zero-order chi connectivity index (χ0) is 16.4. The van der Waals surface area contributed by atoms with Gasteiger partial charge in [0.25, 0.3) is 5.91 Å². The predicted molar refractivity (Wildman–Crippen MR) is 91.0 cm³/mol. The molecule has 3 rings (SSSR count). The van der Waals surface area contributed by atoms with Crippen molar-refractivity contribution in [3.63, 3.8) is 0 Å². The quantitative estimate of drug-likeness (QED) is 0.794. The van der Waals surface area contributed by atoms with Crippen LogP contribution in [0, 0.1) is 4.77 Å². The van der Waals surface area contributed by atoms with Gasteiger partial charge in [0.1, 0.15) is 6.33 Å². The summed E-state index contributed by atoms with van der Waals surface area (Å²) in [4.78, 5) is 16.6. The van der Waals surface area contributed by atoms with Crippen LogP contribution in [0.15, 0.2) is 30.6 Å². The Labute approximate surface area is 144 Å². The molecule has 1 fully saturated rings. The van der Waals surface area contributed by atoms with Gasteiger partial charge in [0.2, 0.25) is 0 Å².